The summed E-state index contributed by atoms with van der Waals surface area (Å²) in [6, 6.07) is 6.51. The van der Waals surface area contributed by atoms with Gasteiger partial charge in [-0.15, -0.1) is 0 Å². The van der Waals surface area contributed by atoms with E-state index in [1.165, 1.54) is 12.1 Å². The molecule has 118 valence electrons. The van der Waals surface area contributed by atoms with Gasteiger partial charge in [-0.25, -0.2) is 9.38 Å². The summed E-state index contributed by atoms with van der Waals surface area (Å²) in [4.78, 5) is 4.44. The maximum absolute atomic E-state index is 13.1. The minimum atomic E-state index is -0.230. The van der Waals surface area contributed by atoms with E-state index in [2.05, 4.69) is 15.6 Å². The first-order valence-corrected chi connectivity index (χ1v) is 7.50. The Morgan fingerprint density at radius 3 is 2.81 bits per heavy atom. The van der Waals surface area contributed by atoms with E-state index >= 15 is 0 Å². The zero-order valence-electron chi connectivity index (χ0n) is 13.2. The van der Waals surface area contributed by atoms with Crippen LogP contribution in [0.5, 0.6) is 0 Å². The number of rotatable bonds is 8. The van der Waals surface area contributed by atoms with Gasteiger partial charge in [-0.05, 0) is 44.9 Å². The lowest BCUT2D eigenvalue weighted by Gasteiger charge is -2.12. The number of benzene rings is 1. The molecule has 0 unspecified atom stereocenters. The minimum Gasteiger partial charge on any atom is -0.379 e. The molecule has 0 radical (unpaired) electrons. The van der Waals surface area contributed by atoms with Crippen molar-refractivity contribution in [3.8, 4) is 0 Å². The highest BCUT2D eigenvalue weighted by Crippen LogP contribution is 2.04. The van der Waals surface area contributed by atoms with Gasteiger partial charge in [0.05, 0.1) is 12.6 Å². The van der Waals surface area contributed by atoms with Gasteiger partial charge in [-0.3, -0.25) is 0 Å². The van der Waals surface area contributed by atoms with Crippen LogP contribution in [0.3, 0.4) is 0 Å². The van der Waals surface area contributed by atoms with Crippen molar-refractivity contribution in [1.82, 2.24) is 10.6 Å². The molecule has 1 aromatic carbocycles. The Hall–Kier alpha value is -1.62. The van der Waals surface area contributed by atoms with Gasteiger partial charge in [0.2, 0.25) is 0 Å². The second kappa shape index (κ2) is 10.2. The van der Waals surface area contributed by atoms with Crippen LogP contribution < -0.4 is 10.6 Å². The SMILES string of the molecule is CCNC(=NCc1cccc(F)c1)NCCCOC(C)C. The van der Waals surface area contributed by atoms with E-state index in [-0.39, 0.29) is 11.9 Å². The summed E-state index contributed by atoms with van der Waals surface area (Å²) in [5.74, 6) is 0.512. The molecule has 0 atom stereocenters. The fourth-order valence-corrected chi connectivity index (χ4v) is 1.75. The van der Waals surface area contributed by atoms with Crippen molar-refractivity contribution in [2.24, 2.45) is 4.99 Å². The number of guanidine groups is 1. The lowest BCUT2D eigenvalue weighted by Crippen LogP contribution is -2.38. The highest BCUT2D eigenvalue weighted by Gasteiger charge is 1.99. The largest absolute Gasteiger partial charge is 0.379 e. The fraction of sp³-hybridized carbons (Fsp3) is 0.562. The molecule has 0 amide bonds. The fourth-order valence-electron chi connectivity index (χ4n) is 1.75. The third-order valence-electron chi connectivity index (χ3n) is 2.72. The van der Waals surface area contributed by atoms with Crippen LogP contribution in [0.4, 0.5) is 4.39 Å². The van der Waals surface area contributed by atoms with Crippen LogP contribution in [0, 0.1) is 5.82 Å². The number of hydrogen-bond acceptors (Lipinski definition) is 2. The average molecular weight is 295 g/mol. The highest BCUT2D eigenvalue weighted by atomic mass is 19.1. The number of nitrogens with zero attached hydrogens (tertiary/aromatic N) is 1. The Labute approximate surface area is 126 Å². The van der Waals surface area contributed by atoms with E-state index in [9.17, 15) is 4.39 Å². The van der Waals surface area contributed by atoms with Crippen molar-refractivity contribution in [2.75, 3.05) is 19.7 Å². The van der Waals surface area contributed by atoms with Crippen LogP contribution in [0.15, 0.2) is 29.3 Å². The maximum Gasteiger partial charge on any atom is 0.191 e. The quantitative estimate of drug-likeness (QED) is 0.440. The Morgan fingerprint density at radius 1 is 1.33 bits per heavy atom. The molecule has 1 rings (SSSR count). The van der Waals surface area contributed by atoms with E-state index in [0.717, 1.165) is 37.6 Å². The second-order valence-corrected chi connectivity index (χ2v) is 5.02. The topological polar surface area (TPSA) is 45.7 Å². The molecule has 0 fully saturated rings. The molecule has 0 saturated heterocycles. The molecule has 0 saturated carbocycles. The maximum atomic E-state index is 13.1. The van der Waals surface area contributed by atoms with E-state index in [1.807, 2.05) is 26.8 Å². The predicted molar refractivity (Wildman–Crippen MR) is 84.9 cm³/mol. The molecule has 0 heterocycles. The van der Waals surface area contributed by atoms with Gasteiger partial charge in [0.25, 0.3) is 0 Å². The monoisotopic (exact) mass is 295 g/mol. The van der Waals surface area contributed by atoms with Crippen molar-refractivity contribution in [3.63, 3.8) is 0 Å². The summed E-state index contributed by atoms with van der Waals surface area (Å²) >= 11 is 0. The standard InChI is InChI=1S/C16H26FN3O/c1-4-18-16(19-9-6-10-21-13(2)3)20-12-14-7-5-8-15(17)11-14/h5,7-8,11,13H,4,6,9-10,12H2,1-3H3,(H2,18,19,20). The molecule has 0 aliphatic carbocycles. The summed E-state index contributed by atoms with van der Waals surface area (Å²) < 4.78 is 18.6. The van der Waals surface area contributed by atoms with E-state index < -0.39 is 0 Å². The van der Waals surface area contributed by atoms with Crippen LogP contribution in [0.1, 0.15) is 32.8 Å². The Bertz CT molecular complexity index is 435. The first-order valence-electron chi connectivity index (χ1n) is 7.50. The van der Waals surface area contributed by atoms with Gasteiger partial charge in [-0.2, -0.15) is 0 Å². The van der Waals surface area contributed by atoms with Crippen molar-refractivity contribution in [1.29, 1.82) is 0 Å². The summed E-state index contributed by atoms with van der Waals surface area (Å²) in [5, 5.41) is 6.42. The van der Waals surface area contributed by atoms with Gasteiger partial charge in [0, 0.05) is 19.7 Å². The van der Waals surface area contributed by atoms with Gasteiger partial charge in [0.1, 0.15) is 5.82 Å². The molecule has 0 spiro atoms. The molecule has 5 heteroatoms. The summed E-state index contributed by atoms with van der Waals surface area (Å²) in [5.41, 5.74) is 0.857. The first-order chi connectivity index (χ1) is 10.1. The molecule has 1 aromatic rings. The molecular formula is C16H26FN3O. The minimum absolute atomic E-state index is 0.230. The van der Waals surface area contributed by atoms with Crippen LogP contribution in [-0.2, 0) is 11.3 Å². The van der Waals surface area contributed by atoms with Gasteiger partial charge in [-0.1, -0.05) is 12.1 Å². The van der Waals surface area contributed by atoms with Crippen molar-refractivity contribution < 1.29 is 9.13 Å². The van der Waals surface area contributed by atoms with Crippen molar-refractivity contribution in [2.45, 2.75) is 39.8 Å². The molecule has 0 aliphatic heterocycles. The Balaban J connectivity index is 2.39. The van der Waals surface area contributed by atoms with Crippen LogP contribution in [0.25, 0.3) is 0 Å². The van der Waals surface area contributed by atoms with Crippen LogP contribution >= 0.6 is 0 Å². The number of ether oxygens (including phenoxy) is 1. The smallest absolute Gasteiger partial charge is 0.191 e. The van der Waals surface area contributed by atoms with Crippen molar-refractivity contribution >= 4 is 5.96 Å². The summed E-state index contributed by atoms with van der Waals surface area (Å²) in [6.07, 6.45) is 1.18. The Kier molecular flexibility index (Phi) is 8.43. The van der Waals surface area contributed by atoms with E-state index in [4.69, 9.17) is 4.74 Å². The molecule has 21 heavy (non-hydrogen) atoms. The van der Waals surface area contributed by atoms with Crippen molar-refractivity contribution in [3.05, 3.63) is 35.6 Å². The normalized spacial score (nSPS) is 11.8. The zero-order chi connectivity index (χ0) is 15.5. The number of aliphatic imine (C=N–C) groups is 1. The Morgan fingerprint density at radius 2 is 2.14 bits per heavy atom. The molecule has 2 N–H and O–H groups in total. The number of nitrogens with one attached hydrogen (secondary N) is 2. The van der Waals surface area contributed by atoms with Gasteiger partial charge < -0.3 is 15.4 Å². The molecule has 0 bridgehead atoms. The zero-order valence-corrected chi connectivity index (χ0v) is 13.2. The lowest BCUT2D eigenvalue weighted by molar-refractivity contribution is 0.0776. The van der Waals surface area contributed by atoms with Gasteiger partial charge in [0.15, 0.2) is 5.96 Å². The third-order valence-corrected chi connectivity index (χ3v) is 2.72. The van der Waals surface area contributed by atoms with Crippen LogP contribution in [-0.4, -0.2) is 31.8 Å². The molecule has 4 nitrogen and oxygen atoms in total. The number of hydrogen-bond donors (Lipinski definition) is 2. The summed E-state index contributed by atoms with van der Waals surface area (Å²) in [6.45, 7) is 8.83. The second-order valence-electron chi connectivity index (χ2n) is 5.02. The van der Waals surface area contributed by atoms with Crippen LogP contribution in [0.2, 0.25) is 0 Å². The summed E-state index contributed by atoms with van der Waals surface area (Å²) in [7, 11) is 0. The van der Waals surface area contributed by atoms with E-state index in [0.29, 0.717) is 6.54 Å². The van der Waals surface area contributed by atoms with E-state index in [1.54, 1.807) is 6.07 Å². The molecular weight excluding hydrogens is 269 g/mol. The highest BCUT2D eigenvalue weighted by molar-refractivity contribution is 5.79. The first kappa shape index (κ1) is 17.4. The molecule has 0 aliphatic rings. The lowest BCUT2D eigenvalue weighted by atomic mass is 10.2. The van der Waals surface area contributed by atoms with Gasteiger partial charge >= 0.3 is 0 Å². The predicted octanol–water partition coefficient (Wildman–Crippen LogP) is 2.70. The molecule has 0 aromatic heterocycles. The average Bonchev–Trinajstić information content (AvgIpc) is 2.44. The number of halogens is 1. The third kappa shape index (κ3) is 8.30.